The number of rotatable bonds is 5. The van der Waals surface area contributed by atoms with Crippen LogP contribution in [0.1, 0.15) is 24.8 Å². The van der Waals surface area contributed by atoms with Gasteiger partial charge in [0.05, 0.1) is 0 Å². The first-order valence-corrected chi connectivity index (χ1v) is 6.20. The van der Waals surface area contributed by atoms with E-state index in [1.165, 1.54) is 18.9 Å². The van der Waals surface area contributed by atoms with Crippen LogP contribution in [-0.4, -0.2) is 13.1 Å². The maximum atomic E-state index is 13.5. The van der Waals surface area contributed by atoms with Crippen molar-refractivity contribution in [3.05, 3.63) is 34.6 Å². The zero-order valence-corrected chi connectivity index (χ0v) is 10.2. The SMILES string of the molecule is CNC(CCc1c(F)cccc1Cl)C1CC1. The third kappa shape index (κ3) is 2.74. The fourth-order valence-corrected chi connectivity index (χ4v) is 2.44. The quantitative estimate of drug-likeness (QED) is 0.833. The van der Waals surface area contributed by atoms with Crippen molar-refractivity contribution in [2.24, 2.45) is 5.92 Å². The van der Waals surface area contributed by atoms with Crippen LogP contribution in [-0.2, 0) is 6.42 Å². The second kappa shape index (κ2) is 5.15. The summed E-state index contributed by atoms with van der Waals surface area (Å²) in [5, 5.41) is 3.85. The molecule has 16 heavy (non-hydrogen) atoms. The number of nitrogens with one attached hydrogen (secondary N) is 1. The summed E-state index contributed by atoms with van der Waals surface area (Å²) >= 11 is 5.99. The minimum Gasteiger partial charge on any atom is -0.317 e. The predicted octanol–water partition coefficient (Wildman–Crippen LogP) is 3.41. The van der Waals surface area contributed by atoms with Crippen LogP contribution in [0.15, 0.2) is 18.2 Å². The van der Waals surface area contributed by atoms with Crippen molar-refractivity contribution in [3.8, 4) is 0 Å². The Hall–Kier alpha value is -0.600. The zero-order valence-electron chi connectivity index (χ0n) is 9.47. The Bertz CT molecular complexity index is 343. The summed E-state index contributed by atoms with van der Waals surface area (Å²) < 4.78 is 13.5. The Morgan fingerprint density at radius 3 is 2.81 bits per heavy atom. The summed E-state index contributed by atoms with van der Waals surface area (Å²) in [6.07, 6.45) is 4.28. The first kappa shape index (κ1) is 11.9. The Morgan fingerprint density at radius 2 is 2.25 bits per heavy atom. The predicted molar refractivity (Wildman–Crippen MR) is 65.3 cm³/mol. The van der Waals surface area contributed by atoms with Gasteiger partial charge in [-0.25, -0.2) is 4.39 Å². The number of hydrogen-bond donors (Lipinski definition) is 1. The van der Waals surface area contributed by atoms with Crippen molar-refractivity contribution in [1.82, 2.24) is 5.32 Å². The molecule has 1 fully saturated rings. The molecular formula is C13H17ClFN. The average molecular weight is 242 g/mol. The second-order valence-electron chi connectivity index (χ2n) is 4.47. The largest absolute Gasteiger partial charge is 0.317 e. The molecule has 3 heteroatoms. The lowest BCUT2D eigenvalue weighted by Crippen LogP contribution is -2.27. The Labute approximate surface area is 101 Å². The highest BCUT2D eigenvalue weighted by molar-refractivity contribution is 6.31. The van der Waals surface area contributed by atoms with Gasteiger partial charge in [-0.15, -0.1) is 0 Å². The average Bonchev–Trinajstić information content (AvgIpc) is 3.07. The molecule has 0 radical (unpaired) electrons. The van der Waals surface area contributed by atoms with Gasteiger partial charge in [0.15, 0.2) is 0 Å². The van der Waals surface area contributed by atoms with E-state index in [0.717, 1.165) is 12.3 Å². The first-order valence-electron chi connectivity index (χ1n) is 5.82. The maximum Gasteiger partial charge on any atom is 0.127 e. The van der Waals surface area contributed by atoms with E-state index in [9.17, 15) is 4.39 Å². The fraction of sp³-hybridized carbons (Fsp3) is 0.538. The minimum absolute atomic E-state index is 0.182. The van der Waals surface area contributed by atoms with E-state index in [0.29, 0.717) is 23.0 Å². The van der Waals surface area contributed by atoms with Crippen LogP contribution in [0.5, 0.6) is 0 Å². The summed E-state index contributed by atoms with van der Waals surface area (Å²) in [7, 11) is 1.98. The molecule has 1 unspecified atom stereocenters. The molecule has 1 aromatic rings. The van der Waals surface area contributed by atoms with Gasteiger partial charge in [0, 0.05) is 16.6 Å². The van der Waals surface area contributed by atoms with Gasteiger partial charge in [-0.1, -0.05) is 17.7 Å². The molecule has 1 aliphatic rings. The smallest absolute Gasteiger partial charge is 0.127 e. The lowest BCUT2D eigenvalue weighted by molar-refractivity contribution is 0.465. The second-order valence-corrected chi connectivity index (χ2v) is 4.88. The van der Waals surface area contributed by atoms with Crippen LogP contribution in [0.4, 0.5) is 4.39 Å². The highest BCUT2D eigenvalue weighted by atomic mass is 35.5. The number of halogens is 2. The highest BCUT2D eigenvalue weighted by Gasteiger charge is 2.29. The maximum absolute atomic E-state index is 13.5. The molecule has 2 rings (SSSR count). The van der Waals surface area contributed by atoms with Gasteiger partial charge >= 0.3 is 0 Å². The highest BCUT2D eigenvalue weighted by Crippen LogP contribution is 2.34. The summed E-state index contributed by atoms with van der Waals surface area (Å²) in [4.78, 5) is 0. The molecule has 0 spiro atoms. The van der Waals surface area contributed by atoms with E-state index in [2.05, 4.69) is 5.32 Å². The Kier molecular flexibility index (Phi) is 3.82. The van der Waals surface area contributed by atoms with Gasteiger partial charge in [0.25, 0.3) is 0 Å². The van der Waals surface area contributed by atoms with Gasteiger partial charge in [-0.05, 0) is 50.8 Å². The van der Waals surface area contributed by atoms with Crippen LogP contribution in [0.25, 0.3) is 0 Å². The Balaban J connectivity index is 1.98. The van der Waals surface area contributed by atoms with Crippen molar-refractivity contribution < 1.29 is 4.39 Å². The van der Waals surface area contributed by atoms with Crippen molar-refractivity contribution in [3.63, 3.8) is 0 Å². The van der Waals surface area contributed by atoms with E-state index in [1.807, 2.05) is 7.05 Å². The molecule has 1 N–H and O–H groups in total. The third-order valence-corrected chi connectivity index (χ3v) is 3.68. The van der Waals surface area contributed by atoms with Crippen molar-refractivity contribution in [2.45, 2.75) is 31.7 Å². The molecule has 88 valence electrons. The normalized spacial score (nSPS) is 17.4. The summed E-state index contributed by atoms with van der Waals surface area (Å²) in [6, 6.07) is 5.39. The van der Waals surface area contributed by atoms with E-state index in [-0.39, 0.29) is 5.82 Å². The van der Waals surface area contributed by atoms with E-state index in [4.69, 9.17) is 11.6 Å². The van der Waals surface area contributed by atoms with E-state index in [1.54, 1.807) is 12.1 Å². The fourth-order valence-electron chi connectivity index (χ4n) is 2.19. The van der Waals surface area contributed by atoms with Crippen LogP contribution in [0, 0.1) is 11.7 Å². The molecule has 0 saturated heterocycles. The van der Waals surface area contributed by atoms with Crippen LogP contribution >= 0.6 is 11.6 Å². The van der Waals surface area contributed by atoms with Gasteiger partial charge in [-0.3, -0.25) is 0 Å². The van der Waals surface area contributed by atoms with E-state index < -0.39 is 0 Å². The zero-order chi connectivity index (χ0) is 11.5. The summed E-state index contributed by atoms with van der Waals surface area (Å²) in [6.45, 7) is 0. The minimum atomic E-state index is -0.182. The molecule has 0 bridgehead atoms. The van der Waals surface area contributed by atoms with Crippen LogP contribution in [0.3, 0.4) is 0 Å². The molecule has 1 aromatic carbocycles. The lowest BCUT2D eigenvalue weighted by atomic mass is 10.0. The van der Waals surface area contributed by atoms with Gasteiger partial charge in [0.2, 0.25) is 0 Å². The lowest BCUT2D eigenvalue weighted by Gasteiger charge is -2.15. The monoisotopic (exact) mass is 241 g/mol. The first-order chi connectivity index (χ1) is 7.72. The van der Waals surface area contributed by atoms with E-state index >= 15 is 0 Å². The molecule has 0 heterocycles. The Morgan fingerprint density at radius 1 is 1.50 bits per heavy atom. The van der Waals surface area contributed by atoms with Crippen molar-refractivity contribution in [1.29, 1.82) is 0 Å². The molecule has 1 atom stereocenters. The molecule has 1 nitrogen and oxygen atoms in total. The third-order valence-electron chi connectivity index (χ3n) is 3.33. The summed E-state index contributed by atoms with van der Waals surface area (Å²) in [5.74, 6) is 0.605. The van der Waals surface area contributed by atoms with Gasteiger partial charge < -0.3 is 5.32 Å². The molecule has 1 saturated carbocycles. The van der Waals surface area contributed by atoms with Crippen LogP contribution in [0.2, 0.25) is 5.02 Å². The van der Waals surface area contributed by atoms with Crippen molar-refractivity contribution in [2.75, 3.05) is 7.05 Å². The standard InChI is InChI=1S/C13H17ClFN/c1-16-13(9-5-6-9)8-7-10-11(14)3-2-4-12(10)15/h2-4,9,13,16H,5-8H2,1H3. The molecule has 0 amide bonds. The molecular weight excluding hydrogens is 225 g/mol. The molecule has 0 aliphatic heterocycles. The topological polar surface area (TPSA) is 12.0 Å². The summed E-state index contributed by atoms with van der Waals surface area (Å²) in [5.41, 5.74) is 0.657. The number of benzene rings is 1. The molecule has 1 aliphatic carbocycles. The van der Waals surface area contributed by atoms with Gasteiger partial charge in [0.1, 0.15) is 5.82 Å². The van der Waals surface area contributed by atoms with Crippen LogP contribution < -0.4 is 5.32 Å². The molecule has 0 aromatic heterocycles. The van der Waals surface area contributed by atoms with Crippen molar-refractivity contribution >= 4 is 11.6 Å². The van der Waals surface area contributed by atoms with Gasteiger partial charge in [-0.2, -0.15) is 0 Å². The number of hydrogen-bond acceptors (Lipinski definition) is 1.